The summed E-state index contributed by atoms with van der Waals surface area (Å²) in [6.07, 6.45) is 0. The van der Waals surface area contributed by atoms with Crippen LogP contribution in [0.25, 0.3) is 0 Å². The molecule has 4 heteroatoms. The number of amides is 1. The van der Waals surface area contributed by atoms with Gasteiger partial charge in [0, 0.05) is 5.56 Å². The minimum Gasteiger partial charge on any atom is -0.369 e. The van der Waals surface area contributed by atoms with Crippen molar-refractivity contribution in [2.75, 3.05) is 20.1 Å². The Bertz CT molecular complexity index is 349. The van der Waals surface area contributed by atoms with E-state index in [4.69, 9.17) is 5.73 Å². The molecule has 0 atom stereocenters. The number of likely N-dealkylation sites (N-methyl/N-ethyl adjacent to an activating group) is 1. The van der Waals surface area contributed by atoms with E-state index >= 15 is 0 Å². The number of nitrogens with zero attached hydrogens (tertiary/aromatic N) is 1. The van der Waals surface area contributed by atoms with Crippen LogP contribution in [0.1, 0.15) is 10.4 Å². The third kappa shape index (κ3) is 3.91. The van der Waals surface area contributed by atoms with Gasteiger partial charge in [0.05, 0.1) is 13.1 Å². The molecule has 0 saturated carbocycles. The van der Waals surface area contributed by atoms with Crippen LogP contribution in [0.3, 0.4) is 0 Å². The van der Waals surface area contributed by atoms with Crippen molar-refractivity contribution < 1.29 is 9.59 Å². The maximum atomic E-state index is 11.6. The number of hydrogen-bond acceptors (Lipinski definition) is 3. The molecule has 0 aliphatic heterocycles. The second-order valence-electron chi connectivity index (χ2n) is 3.43. The molecule has 0 aliphatic carbocycles. The van der Waals surface area contributed by atoms with Crippen LogP contribution in [0.5, 0.6) is 0 Å². The Labute approximate surface area is 88.7 Å². The molecule has 4 nitrogen and oxygen atoms in total. The fourth-order valence-electron chi connectivity index (χ4n) is 1.28. The van der Waals surface area contributed by atoms with Gasteiger partial charge in [-0.25, -0.2) is 0 Å². The number of nitrogens with two attached hydrogens (primary N) is 1. The van der Waals surface area contributed by atoms with E-state index in [-0.39, 0.29) is 18.9 Å². The fourth-order valence-corrected chi connectivity index (χ4v) is 1.28. The van der Waals surface area contributed by atoms with Crippen molar-refractivity contribution in [1.82, 2.24) is 4.90 Å². The van der Waals surface area contributed by atoms with Crippen molar-refractivity contribution in [3.8, 4) is 0 Å². The van der Waals surface area contributed by atoms with Gasteiger partial charge in [0.1, 0.15) is 0 Å². The molecule has 80 valence electrons. The normalized spacial score (nSPS) is 10.3. The Morgan fingerprint density at radius 3 is 2.33 bits per heavy atom. The summed E-state index contributed by atoms with van der Waals surface area (Å²) in [6, 6.07) is 8.97. The van der Waals surface area contributed by atoms with Crippen LogP contribution in [0.4, 0.5) is 0 Å². The number of rotatable bonds is 5. The zero-order chi connectivity index (χ0) is 11.3. The van der Waals surface area contributed by atoms with Crippen LogP contribution >= 0.6 is 0 Å². The van der Waals surface area contributed by atoms with E-state index in [0.717, 1.165) is 0 Å². The summed E-state index contributed by atoms with van der Waals surface area (Å²) in [7, 11) is 1.69. The molecule has 0 bridgehead atoms. The zero-order valence-electron chi connectivity index (χ0n) is 8.64. The lowest BCUT2D eigenvalue weighted by Crippen LogP contribution is -2.34. The lowest BCUT2D eigenvalue weighted by Gasteiger charge is -2.12. The molecule has 15 heavy (non-hydrogen) atoms. The molecule has 1 aromatic rings. The van der Waals surface area contributed by atoms with Gasteiger partial charge in [-0.15, -0.1) is 0 Å². The molecule has 0 fully saturated rings. The summed E-state index contributed by atoms with van der Waals surface area (Å²) in [5.74, 6) is -0.447. The molecule has 1 aromatic carbocycles. The van der Waals surface area contributed by atoms with Crippen molar-refractivity contribution in [2.24, 2.45) is 5.73 Å². The van der Waals surface area contributed by atoms with E-state index in [9.17, 15) is 9.59 Å². The molecule has 0 aromatic heterocycles. The van der Waals surface area contributed by atoms with Gasteiger partial charge < -0.3 is 5.73 Å². The molecule has 1 rings (SSSR count). The van der Waals surface area contributed by atoms with Gasteiger partial charge in [-0.05, 0) is 7.05 Å². The van der Waals surface area contributed by atoms with Crippen molar-refractivity contribution >= 4 is 11.7 Å². The van der Waals surface area contributed by atoms with Crippen molar-refractivity contribution in [2.45, 2.75) is 0 Å². The number of benzene rings is 1. The number of Topliss-reactive ketones (excluding diaryl/α,β-unsaturated/α-hetero) is 1. The maximum Gasteiger partial charge on any atom is 0.231 e. The van der Waals surface area contributed by atoms with Crippen LogP contribution in [0.15, 0.2) is 30.3 Å². The average molecular weight is 206 g/mol. The van der Waals surface area contributed by atoms with Crippen LogP contribution in [-0.2, 0) is 4.79 Å². The van der Waals surface area contributed by atoms with Crippen LogP contribution in [0.2, 0.25) is 0 Å². The van der Waals surface area contributed by atoms with Crippen LogP contribution in [-0.4, -0.2) is 36.7 Å². The number of primary amides is 1. The molecule has 1 amide bonds. The van der Waals surface area contributed by atoms with E-state index in [2.05, 4.69) is 0 Å². The minimum atomic E-state index is -0.432. The van der Waals surface area contributed by atoms with Gasteiger partial charge in [0.2, 0.25) is 5.91 Å². The van der Waals surface area contributed by atoms with Crippen LogP contribution in [0, 0.1) is 0 Å². The first-order valence-electron chi connectivity index (χ1n) is 4.64. The van der Waals surface area contributed by atoms with Gasteiger partial charge in [0.15, 0.2) is 5.78 Å². The monoisotopic (exact) mass is 206 g/mol. The average Bonchev–Trinajstić information content (AvgIpc) is 2.17. The molecule has 0 spiro atoms. The smallest absolute Gasteiger partial charge is 0.231 e. The molecule has 0 heterocycles. The highest BCUT2D eigenvalue weighted by Crippen LogP contribution is 2.00. The Balaban J connectivity index is 2.53. The fraction of sp³-hybridized carbons (Fsp3) is 0.273. The third-order valence-corrected chi connectivity index (χ3v) is 1.94. The van der Waals surface area contributed by atoms with Gasteiger partial charge in [-0.2, -0.15) is 0 Å². The molecular formula is C11H14N2O2. The second-order valence-corrected chi connectivity index (χ2v) is 3.43. The molecule has 2 N–H and O–H groups in total. The van der Waals surface area contributed by atoms with E-state index < -0.39 is 5.91 Å². The van der Waals surface area contributed by atoms with Gasteiger partial charge in [-0.3, -0.25) is 14.5 Å². The van der Waals surface area contributed by atoms with Gasteiger partial charge in [0.25, 0.3) is 0 Å². The number of hydrogen-bond donors (Lipinski definition) is 1. The molecule has 0 saturated heterocycles. The summed E-state index contributed by atoms with van der Waals surface area (Å²) < 4.78 is 0. The summed E-state index contributed by atoms with van der Waals surface area (Å²) in [5.41, 5.74) is 5.66. The first-order valence-corrected chi connectivity index (χ1v) is 4.64. The van der Waals surface area contributed by atoms with E-state index in [1.54, 1.807) is 36.2 Å². The van der Waals surface area contributed by atoms with Gasteiger partial charge >= 0.3 is 0 Å². The Morgan fingerprint density at radius 1 is 1.20 bits per heavy atom. The topological polar surface area (TPSA) is 63.4 Å². The molecule has 0 aliphatic rings. The zero-order valence-corrected chi connectivity index (χ0v) is 8.64. The lowest BCUT2D eigenvalue weighted by molar-refractivity contribution is -0.118. The van der Waals surface area contributed by atoms with E-state index in [0.29, 0.717) is 5.56 Å². The number of carbonyl (C=O) groups is 2. The maximum absolute atomic E-state index is 11.6. The standard InChI is InChI=1S/C11H14N2O2/c1-13(8-11(12)15)7-10(14)9-5-3-2-4-6-9/h2-6H,7-8H2,1H3,(H2,12,15). The summed E-state index contributed by atoms with van der Waals surface area (Å²) in [4.78, 5) is 23.8. The molecule has 0 radical (unpaired) electrons. The quantitative estimate of drug-likeness (QED) is 0.704. The van der Waals surface area contributed by atoms with Crippen molar-refractivity contribution in [1.29, 1.82) is 0 Å². The molecular weight excluding hydrogens is 192 g/mol. The van der Waals surface area contributed by atoms with Crippen LogP contribution < -0.4 is 5.73 Å². The Hall–Kier alpha value is -1.68. The SMILES string of the molecule is CN(CC(N)=O)CC(=O)c1ccccc1. The highest BCUT2D eigenvalue weighted by atomic mass is 16.1. The predicted molar refractivity (Wildman–Crippen MR) is 57.5 cm³/mol. The first kappa shape index (κ1) is 11.4. The largest absolute Gasteiger partial charge is 0.369 e. The molecule has 0 unspecified atom stereocenters. The Morgan fingerprint density at radius 2 is 1.80 bits per heavy atom. The second kappa shape index (κ2) is 5.26. The number of carbonyl (C=O) groups excluding carboxylic acids is 2. The van der Waals surface area contributed by atoms with Crippen molar-refractivity contribution in [3.63, 3.8) is 0 Å². The van der Waals surface area contributed by atoms with E-state index in [1.807, 2.05) is 6.07 Å². The highest BCUT2D eigenvalue weighted by Gasteiger charge is 2.09. The summed E-state index contributed by atoms with van der Waals surface area (Å²) >= 11 is 0. The van der Waals surface area contributed by atoms with Crippen molar-refractivity contribution in [3.05, 3.63) is 35.9 Å². The number of ketones is 1. The summed E-state index contributed by atoms with van der Waals surface area (Å²) in [6.45, 7) is 0.297. The van der Waals surface area contributed by atoms with E-state index in [1.165, 1.54) is 0 Å². The lowest BCUT2D eigenvalue weighted by atomic mass is 10.1. The summed E-state index contributed by atoms with van der Waals surface area (Å²) in [5, 5.41) is 0. The predicted octanol–water partition coefficient (Wildman–Crippen LogP) is 0.286. The third-order valence-electron chi connectivity index (χ3n) is 1.94. The Kier molecular flexibility index (Phi) is 4.00. The first-order chi connectivity index (χ1) is 7.09. The minimum absolute atomic E-state index is 0.0145. The highest BCUT2D eigenvalue weighted by molar-refractivity contribution is 5.97. The van der Waals surface area contributed by atoms with Gasteiger partial charge in [-0.1, -0.05) is 30.3 Å².